The fourth-order valence-electron chi connectivity index (χ4n) is 3.22. The van der Waals surface area contributed by atoms with E-state index in [9.17, 15) is 9.59 Å². The average Bonchev–Trinajstić information content (AvgIpc) is 2.75. The lowest BCUT2D eigenvalue weighted by Gasteiger charge is -2.19. The van der Waals surface area contributed by atoms with Crippen LogP contribution in [0.1, 0.15) is 60.9 Å². The Morgan fingerprint density at radius 1 is 1.10 bits per heavy atom. The average molecular weight is 286 g/mol. The molecular weight excluding hydrogens is 264 g/mol. The first-order valence-corrected chi connectivity index (χ1v) is 7.96. The highest BCUT2D eigenvalue weighted by molar-refractivity contribution is 5.98. The van der Waals surface area contributed by atoms with Gasteiger partial charge in [-0.2, -0.15) is 0 Å². The smallest absolute Gasteiger partial charge is 0.251 e. The minimum atomic E-state index is 0.0154. The Bertz CT molecular complexity index is 546. The highest BCUT2D eigenvalue weighted by Gasteiger charge is 2.19. The Hall–Kier alpha value is -1.84. The summed E-state index contributed by atoms with van der Waals surface area (Å²) in [5.41, 5.74) is 2.61. The molecule has 1 aromatic rings. The molecule has 0 bridgehead atoms. The van der Waals surface area contributed by atoms with Gasteiger partial charge in [-0.15, -0.1) is 0 Å². The maximum absolute atomic E-state index is 12.4. The van der Waals surface area contributed by atoms with Crippen molar-refractivity contribution in [1.29, 1.82) is 0 Å². The van der Waals surface area contributed by atoms with E-state index >= 15 is 0 Å². The van der Waals surface area contributed by atoms with Crippen molar-refractivity contribution in [2.45, 2.75) is 57.4 Å². The minimum Gasteiger partial charge on any atom is -0.349 e. The van der Waals surface area contributed by atoms with Gasteiger partial charge in [-0.05, 0) is 43.0 Å². The van der Waals surface area contributed by atoms with E-state index in [1.807, 2.05) is 12.1 Å². The summed E-state index contributed by atoms with van der Waals surface area (Å²) in [6.07, 6.45) is 8.38. The molecule has 1 aromatic carbocycles. The second-order valence-corrected chi connectivity index (χ2v) is 6.08. The van der Waals surface area contributed by atoms with Crippen LogP contribution in [0.4, 0.5) is 5.69 Å². The minimum absolute atomic E-state index is 0.0154. The summed E-state index contributed by atoms with van der Waals surface area (Å²) in [6.45, 7) is 0. The van der Waals surface area contributed by atoms with Crippen molar-refractivity contribution in [1.82, 2.24) is 5.32 Å². The van der Waals surface area contributed by atoms with Crippen LogP contribution in [0.3, 0.4) is 0 Å². The standard InChI is InChI=1S/C17H22N2O2/c20-16-10-8-12-11-13(7-9-15(12)19-16)17(21)18-14-5-3-1-2-4-6-14/h7,9,11,14H,1-6,8,10H2,(H,18,21)(H,19,20). The molecular formula is C17H22N2O2. The number of carbonyl (C=O) groups excluding carboxylic acids is 2. The van der Waals surface area contributed by atoms with E-state index in [0.29, 0.717) is 24.4 Å². The van der Waals surface area contributed by atoms with Crippen LogP contribution in [0.25, 0.3) is 0 Å². The van der Waals surface area contributed by atoms with Crippen LogP contribution in [0.5, 0.6) is 0 Å². The number of benzene rings is 1. The van der Waals surface area contributed by atoms with E-state index in [1.165, 1.54) is 25.7 Å². The van der Waals surface area contributed by atoms with Gasteiger partial charge in [0, 0.05) is 23.7 Å². The van der Waals surface area contributed by atoms with Crippen LogP contribution in [-0.2, 0) is 11.2 Å². The van der Waals surface area contributed by atoms with Gasteiger partial charge in [-0.25, -0.2) is 0 Å². The summed E-state index contributed by atoms with van der Waals surface area (Å²) in [5, 5.41) is 6.01. The third kappa shape index (κ3) is 3.43. The summed E-state index contributed by atoms with van der Waals surface area (Å²) in [4.78, 5) is 23.7. The summed E-state index contributed by atoms with van der Waals surface area (Å²) >= 11 is 0. The quantitative estimate of drug-likeness (QED) is 0.821. The van der Waals surface area contributed by atoms with E-state index in [2.05, 4.69) is 10.6 Å². The highest BCUT2D eigenvalue weighted by atomic mass is 16.2. The Labute approximate surface area is 125 Å². The molecule has 0 saturated heterocycles. The van der Waals surface area contributed by atoms with Crippen LogP contribution in [0.2, 0.25) is 0 Å². The van der Waals surface area contributed by atoms with Crippen LogP contribution in [0, 0.1) is 0 Å². The van der Waals surface area contributed by atoms with Crippen LogP contribution in [-0.4, -0.2) is 17.9 Å². The van der Waals surface area contributed by atoms with Crippen molar-refractivity contribution in [3.63, 3.8) is 0 Å². The second-order valence-electron chi connectivity index (χ2n) is 6.08. The molecule has 1 aliphatic carbocycles. The van der Waals surface area contributed by atoms with Gasteiger partial charge >= 0.3 is 0 Å². The van der Waals surface area contributed by atoms with E-state index in [0.717, 1.165) is 24.1 Å². The Morgan fingerprint density at radius 3 is 2.62 bits per heavy atom. The first-order valence-electron chi connectivity index (χ1n) is 7.96. The lowest BCUT2D eigenvalue weighted by molar-refractivity contribution is -0.116. The maximum atomic E-state index is 12.4. The van der Waals surface area contributed by atoms with Gasteiger partial charge < -0.3 is 10.6 Å². The number of anilines is 1. The van der Waals surface area contributed by atoms with Gasteiger partial charge in [0.25, 0.3) is 5.91 Å². The first kappa shape index (κ1) is 14.1. The third-order valence-electron chi connectivity index (χ3n) is 4.45. The number of amides is 2. The molecule has 1 aliphatic heterocycles. The van der Waals surface area contributed by atoms with Gasteiger partial charge in [0.1, 0.15) is 0 Å². The lowest BCUT2D eigenvalue weighted by atomic mass is 9.99. The molecule has 4 nitrogen and oxygen atoms in total. The van der Waals surface area contributed by atoms with Crippen molar-refractivity contribution in [2.24, 2.45) is 0 Å². The number of carbonyl (C=O) groups is 2. The fraction of sp³-hybridized carbons (Fsp3) is 0.529. The van der Waals surface area contributed by atoms with E-state index < -0.39 is 0 Å². The molecule has 0 unspecified atom stereocenters. The van der Waals surface area contributed by atoms with E-state index in [1.54, 1.807) is 6.07 Å². The van der Waals surface area contributed by atoms with Crippen molar-refractivity contribution in [2.75, 3.05) is 5.32 Å². The second kappa shape index (κ2) is 6.29. The van der Waals surface area contributed by atoms with Crippen LogP contribution < -0.4 is 10.6 Å². The number of rotatable bonds is 2. The molecule has 4 heteroatoms. The first-order chi connectivity index (χ1) is 10.2. The molecule has 0 radical (unpaired) electrons. The molecule has 1 heterocycles. The lowest BCUT2D eigenvalue weighted by Crippen LogP contribution is -2.34. The molecule has 1 saturated carbocycles. The zero-order valence-corrected chi connectivity index (χ0v) is 12.3. The highest BCUT2D eigenvalue weighted by Crippen LogP contribution is 2.24. The third-order valence-corrected chi connectivity index (χ3v) is 4.45. The predicted molar refractivity (Wildman–Crippen MR) is 82.3 cm³/mol. The molecule has 2 N–H and O–H groups in total. The largest absolute Gasteiger partial charge is 0.349 e. The molecule has 112 valence electrons. The number of aryl methyl sites for hydroxylation is 1. The monoisotopic (exact) mass is 286 g/mol. The molecule has 21 heavy (non-hydrogen) atoms. The summed E-state index contributed by atoms with van der Waals surface area (Å²) in [5.74, 6) is 0.0692. The number of nitrogens with one attached hydrogen (secondary N) is 2. The Kier molecular flexibility index (Phi) is 4.23. The van der Waals surface area contributed by atoms with Gasteiger partial charge in [-0.1, -0.05) is 25.7 Å². The van der Waals surface area contributed by atoms with Crippen molar-refractivity contribution in [3.05, 3.63) is 29.3 Å². The zero-order valence-electron chi connectivity index (χ0n) is 12.3. The molecule has 2 amide bonds. The Balaban J connectivity index is 1.68. The molecule has 2 aliphatic rings. The van der Waals surface area contributed by atoms with Gasteiger partial charge in [-0.3, -0.25) is 9.59 Å². The van der Waals surface area contributed by atoms with Gasteiger partial charge in [0.2, 0.25) is 5.91 Å². The van der Waals surface area contributed by atoms with Gasteiger partial charge in [0.05, 0.1) is 0 Å². The van der Waals surface area contributed by atoms with Crippen molar-refractivity contribution in [3.8, 4) is 0 Å². The normalized spacial score (nSPS) is 19.3. The van der Waals surface area contributed by atoms with Crippen LogP contribution in [0.15, 0.2) is 18.2 Å². The number of fused-ring (bicyclic) bond motifs is 1. The summed E-state index contributed by atoms with van der Waals surface area (Å²) in [7, 11) is 0. The van der Waals surface area contributed by atoms with E-state index in [-0.39, 0.29) is 11.8 Å². The molecule has 3 rings (SSSR count). The molecule has 1 fully saturated rings. The van der Waals surface area contributed by atoms with Crippen molar-refractivity contribution < 1.29 is 9.59 Å². The SMILES string of the molecule is O=C1CCc2cc(C(=O)NC3CCCCCC3)ccc2N1. The Morgan fingerprint density at radius 2 is 1.86 bits per heavy atom. The zero-order chi connectivity index (χ0) is 14.7. The van der Waals surface area contributed by atoms with Gasteiger partial charge in [0.15, 0.2) is 0 Å². The molecule has 0 spiro atoms. The predicted octanol–water partition coefficient (Wildman–Crippen LogP) is 3.02. The van der Waals surface area contributed by atoms with Crippen molar-refractivity contribution >= 4 is 17.5 Å². The van der Waals surface area contributed by atoms with Crippen LogP contribution >= 0.6 is 0 Å². The summed E-state index contributed by atoms with van der Waals surface area (Å²) in [6, 6.07) is 5.88. The number of hydrogen-bond acceptors (Lipinski definition) is 2. The molecule has 0 aromatic heterocycles. The maximum Gasteiger partial charge on any atom is 0.251 e. The van der Waals surface area contributed by atoms with E-state index in [4.69, 9.17) is 0 Å². The summed E-state index contributed by atoms with van der Waals surface area (Å²) < 4.78 is 0. The fourth-order valence-corrected chi connectivity index (χ4v) is 3.22. The topological polar surface area (TPSA) is 58.2 Å². The molecule has 0 atom stereocenters. The number of hydrogen-bond donors (Lipinski definition) is 2.